The second kappa shape index (κ2) is 6.36. The predicted octanol–water partition coefficient (Wildman–Crippen LogP) is 3.03. The summed E-state index contributed by atoms with van der Waals surface area (Å²) in [5.74, 6) is 0.0949. The first-order valence-electron chi connectivity index (χ1n) is 7.45. The van der Waals surface area contributed by atoms with E-state index in [1.54, 1.807) is 12.1 Å². The van der Waals surface area contributed by atoms with Crippen molar-refractivity contribution >= 4 is 26.0 Å². The van der Waals surface area contributed by atoms with E-state index in [2.05, 4.69) is 20.7 Å². The van der Waals surface area contributed by atoms with E-state index in [0.29, 0.717) is 0 Å². The van der Waals surface area contributed by atoms with Crippen LogP contribution in [0.3, 0.4) is 0 Å². The van der Waals surface area contributed by atoms with Crippen LogP contribution in [0.4, 0.5) is 0 Å². The van der Waals surface area contributed by atoms with Crippen LogP contribution in [-0.2, 0) is 15.6 Å². The number of halogens is 1. The number of nitrogens with one attached hydrogen (secondary N) is 1. The van der Waals surface area contributed by atoms with Gasteiger partial charge in [0.05, 0.1) is 4.90 Å². The van der Waals surface area contributed by atoms with E-state index in [1.165, 1.54) is 12.1 Å². The lowest BCUT2D eigenvalue weighted by Crippen LogP contribution is -2.42. The molecule has 23 heavy (non-hydrogen) atoms. The van der Waals surface area contributed by atoms with Crippen LogP contribution in [0.1, 0.15) is 18.4 Å². The summed E-state index contributed by atoms with van der Waals surface area (Å²) < 4.78 is 28.2. The van der Waals surface area contributed by atoms with Gasteiger partial charge in [0.2, 0.25) is 10.0 Å². The van der Waals surface area contributed by atoms with E-state index in [0.717, 1.165) is 22.9 Å². The summed E-state index contributed by atoms with van der Waals surface area (Å²) in [4.78, 5) is 0.187. The summed E-state index contributed by atoms with van der Waals surface area (Å²) in [5, 5.41) is 11.0. The number of rotatable bonds is 6. The third-order valence-corrected chi connectivity index (χ3v) is 6.13. The van der Waals surface area contributed by atoms with Crippen molar-refractivity contribution in [2.45, 2.75) is 23.3 Å². The first-order valence-corrected chi connectivity index (χ1v) is 9.72. The molecule has 1 fully saturated rings. The lowest BCUT2D eigenvalue weighted by Gasteiger charge is -2.29. The van der Waals surface area contributed by atoms with Crippen LogP contribution >= 0.6 is 15.9 Å². The van der Waals surface area contributed by atoms with E-state index in [1.807, 2.05) is 30.3 Å². The van der Waals surface area contributed by atoms with Crippen molar-refractivity contribution in [3.63, 3.8) is 0 Å². The Morgan fingerprint density at radius 3 is 2.26 bits per heavy atom. The van der Waals surface area contributed by atoms with Crippen LogP contribution in [-0.4, -0.2) is 20.1 Å². The Morgan fingerprint density at radius 2 is 1.70 bits per heavy atom. The number of hydrogen-bond donors (Lipinski definition) is 2. The van der Waals surface area contributed by atoms with Crippen molar-refractivity contribution in [3.05, 3.63) is 64.6 Å². The van der Waals surface area contributed by atoms with Crippen molar-refractivity contribution in [3.8, 4) is 0 Å². The molecule has 1 atom stereocenters. The number of sulfonamides is 1. The maximum Gasteiger partial charge on any atom is 0.240 e. The minimum atomic E-state index is -3.65. The molecule has 122 valence electrons. The Balaban J connectivity index is 1.81. The summed E-state index contributed by atoms with van der Waals surface area (Å²) in [6.07, 6.45) is 1.82. The highest BCUT2D eigenvalue weighted by atomic mass is 79.9. The van der Waals surface area contributed by atoms with Crippen molar-refractivity contribution in [2.24, 2.45) is 5.92 Å². The second-order valence-corrected chi connectivity index (χ2v) is 8.53. The molecular weight excluding hydrogens is 378 g/mol. The highest BCUT2D eigenvalue weighted by molar-refractivity contribution is 9.10. The zero-order chi connectivity index (χ0) is 16.5. The predicted molar refractivity (Wildman–Crippen MR) is 92.4 cm³/mol. The lowest BCUT2D eigenvalue weighted by atomic mass is 9.89. The Hall–Kier alpha value is -1.21. The van der Waals surface area contributed by atoms with Gasteiger partial charge in [0.1, 0.15) is 5.60 Å². The molecule has 2 N–H and O–H groups in total. The van der Waals surface area contributed by atoms with Gasteiger partial charge in [0.25, 0.3) is 0 Å². The molecule has 1 saturated carbocycles. The zero-order valence-electron chi connectivity index (χ0n) is 12.4. The highest BCUT2D eigenvalue weighted by Crippen LogP contribution is 2.45. The van der Waals surface area contributed by atoms with E-state index in [4.69, 9.17) is 0 Å². The molecule has 3 rings (SSSR count). The molecule has 6 heteroatoms. The Morgan fingerprint density at radius 1 is 1.09 bits per heavy atom. The SMILES string of the molecule is O=S(=O)(NCC(O)(c1ccccc1)C1CC1)c1ccc(Br)cc1. The van der Waals surface area contributed by atoms with Gasteiger partial charge in [-0.25, -0.2) is 13.1 Å². The molecule has 0 aromatic heterocycles. The van der Waals surface area contributed by atoms with Crippen molar-refractivity contribution in [1.29, 1.82) is 0 Å². The van der Waals surface area contributed by atoms with Gasteiger partial charge in [0.15, 0.2) is 0 Å². The largest absolute Gasteiger partial charge is 0.383 e. The topological polar surface area (TPSA) is 66.4 Å². The molecule has 2 aromatic rings. The molecule has 4 nitrogen and oxygen atoms in total. The molecular formula is C17H18BrNO3S. The van der Waals surface area contributed by atoms with Gasteiger partial charge in [-0.05, 0) is 48.6 Å². The van der Waals surface area contributed by atoms with Crippen LogP contribution in [0, 0.1) is 5.92 Å². The molecule has 0 spiro atoms. The number of benzene rings is 2. The van der Waals surface area contributed by atoms with Gasteiger partial charge >= 0.3 is 0 Å². The quantitative estimate of drug-likeness (QED) is 0.789. The molecule has 1 aliphatic rings. The van der Waals surface area contributed by atoms with Crippen molar-refractivity contribution < 1.29 is 13.5 Å². The van der Waals surface area contributed by atoms with Gasteiger partial charge in [-0.1, -0.05) is 46.3 Å². The first-order chi connectivity index (χ1) is 10.9. The molecule has 1 unspecified atom stereocenters. The van der Waals surface area contributed by atoms with Gasteiger partial charge in [-0.15, -0.1) is 0 Å². The zero-order valence-corrected chi connectivity index (χ0v) is 14.8. The molecule has 1 aliphatic carbocycles. The normalized spacial score (nSPS) is 17.7. The summed E-state index contributed by atoms with van der Waals surface area (Å²) in [7, 11) is -3.65. The molecule has 0 heterocycles. The Kier molecular flexibility index (Phi) is 4.60. The summed E-state index contributed by atoms with van der Waals surface area (Å²) >= 11 is 3.29. The average molecular weight is 396 g/mol. The maximum absolute atomic E-state index is 12.4. The number of aliphatic hydroxyl groups is 1. The molecule has 0 bridgehead atoms. The van der Waals surface area contributed by atoms with Crippen LogP contribution < -0.4 is 4.72 Å². The Labute approximate surface area is 144 Å². The summed E-state index contributed by atoms with van der Waals surface area (Å²) in [6, 6.07) is 15.7. The van der Waals surface area contributed by atoms with Crippen LogP contribution in [0.25, 0.3) is 0 Å². The molecule has 0 saturated heterocycles. The summed E-state index contributed by atoms with van der Waals surface area (Å²) in [5.41, 5.74) is -0.412. The van der Waals surface area contributed by atoms with E-state index in [9.17, 15) is 13.5 Å². The molecule has 0 amide bonds. The second-order valence-electron chi connectivity index (χ2n) is 5.84. The van der Waals surface area contributed by atoms with Crippen LogP contribution in [0.5, 0.6) is 0 Å². The van der Waals surface area contributed by atoms with E-state index >= 15 is 0 Å². The third kappa shape index (κ3) is 3.66. The van der Waals surface area contributed by atoms with Gasteiger partial charge in [-0.2, -0.15) is 0 Å². The number of hydrogen-bond acceptors (Lipinski definition) is 3. The fourth-order valence-corrected chi connectivity index (χ4v) is 4.01. The molecule has 0 aliphatic heterocycles. The van der Waals surface area contributed by atoms with Crippen molar-refractivity contribution in [1.82, 2.24) is 4.72 Å². The molecule has 2 aromatic carbocycles. The Bertz CT molecular complexity index is 773. The fourth-order valence-electron chi connectivity index (χ4n) is 2.67. The highest BCUT2D eigenvalue weighted by Gasteiger charge is 2.45. The standard InChI is InChI=1S/C17H18BrNO3S/c18-15-8-10-16(11-9-15)23(21,22)19-12-17(20,14-6-7-14)13-4-2-1-3-5-13/h1-5,8-11,14,19-20H,6-7,12H2. The smallest absolute Gasteiger partial charge is 0.240 e. The minimum absolute atomic E-state index is 0.0277. The van der Waals surface area contributed by atoms with Crippen LogP contribution in [0.15, 0.2) is 64.0 Å². The van der Waals surface area contributed by atoms with E-state index < -0.39 is 15.6 Å². The lowest BCUT2D eigenvalue weighted by molar-refractivity contribution is 0.0185. The monoisotopic (exact) mass is 395 g/mol. The average Bonchev–Trinajstić information content (AvgIpc) is 3.39. The minimum Gasteiger partial charge on any atom is -0.383 e. The fraction of sp³-hybridized carbons (Fsp3) is 0.294. The first kappa shape index (κ1) is 16.6. The van der Waals surface area contributed by atoms with Crippen LogP contribution in [0.2, 0.25) is 0 Å². The van der Waals surface area contributed by atoms with Gasteiger partial charge in [-0.3, -0.25) is 0 Å². The van der Waals surface area contributed by atoms with Gasteiger partial charge in [0, 0.05) is 11.0 Å². The molecule has 0 radical (unpaired) electrons. The maximum atomic E-state index is 12.4. The van der Waals surface area contributed by atoms with E-state index in [-0.39, 0.29) is 17.4 Å². The third-order valence-electron chi connectivity index (χ3n) is 4.18. The van der Waals surface area contributed by atoms with Gasteiger partial charge < -0.3 is 5.11 Å². The summed E-state index contributed by atoms with van der Waals surface area (Å²) in [6.45, 7) is -0.0277. The van der Waals surface area contributed by atoms with Crippen molar-refractivity contribution in [2.75, 3.05) is 6.54 Å².